The van der Waals surface area contributed by atoms with Crippen molar-refractivity contribution in [3.8, 4) is 0 Å². The van der Waals surface area contributed by atoms with Crippen molar-refractivity contribution in [3.63, 3.8) is 0 Å². The second kappa shape index (κ2) is 7.74. The minimum absolute atomic E-state index is 0.276. The van der Waals surface area contributed by atoms with Crippen LogP contribution in [0.1, 0.15) is 39.0 Å². The van der Waals surface area contributed by atoms with E-state index in [1.165, 1.54) is 25.7 Å². The molecule has 3 nitrogen and oxygen atoms in total. The van der Waals surface area contributed by atoms with Gasteiger partial charge in [0, 0.05) is 17.1 Å². The molecule has 0 saturated carbocycles. The molecule has 1 fully saturated rings. The lowest BCUT2D eigenvalue weighted by Crippen LogP contribution is -2.40. The minimum Gasteiger partial charge on any atom is -0.300 e. The highest BCUT2D eigenvalue weighted by atomic mass is 79.9. The summed E-state index contributed by atoms with van der Waals surface area (Å²) in [6, 6.07) is 0.660. The van der Waals surface area contributed by atoms with Gasteiger partial charge in [0.05, 0.1) is 5.75 Å². The highest BCUT2D eigenvalue weighted by Gasteiger charge is 2.21. The van der Waals surface area contributed by atoms with Crippen LogP contribution in [0.5, 0.6) is 0 Å². The van der Waals surface area contributed by atoms with Crippen molar-refractivity contribution in [2.24, 2.45) is 0 Å². The molecular formula is C12H24BrNO2S. The zero-order valence-electron chi connectivity index (χ0n) is 10.7. The second-order valence-electron chi connectivity index (χ2n) is 4.75. The highest BCUT2D eigenvalue weighted by molar-refractivity contribution is 9.09. The molecule has 0 aromatic rings. The van der Waals surface area contributed by atoms with E-state index in [9.17, 15) is 8.42 Å². The highest BCUT2D eigenvalue weighted by Crippen LogP contribution is 2.20. The Kier molecular flexibility index (Phi) is 7.04. The Hall–Kier alpha value is 0.390. The van der Waals surface area contributed by atoms with Gasteiger partial charge in [-0.3, -0.25) is 0 Å². The molecule has 17 heavy (non-hydrogen) atoms. The Bertz CT molecular complexity index is 304. The third-order valence-electron chi connectivity index (χ3n) is 3.53. The normalized spacial score (nSPS) is 22.8. The van der Waals surface area contributed by atoms with E-state index >= 15 is 0 Å². The number of hydrogen-bond donors (Lipinski definition) is 0. The van der Waals surface area contributed by atoms with Gasteiger partial charge in [-0.1, -0.05) is 29.3 Å². The molecule has 102 valence electrons. The fourth-order valence-electron chi connectivity index (χ4n) is 2.44. The molecule has 0 N–H and O–H groups in total. The summed E-state index contributed by atoms with van der Waals surface area (Å²) >= 11 is 3.50. The van der Waals surface area contributed by atoms with Crippen LogP contribution in [0.15, 0.2) is 0 Å². The Morgan fingerprint density at radius 2 is 2.12 bits per heavy atom. The van der Waals surface area contributed by atoms with Gasteiger partial charge in [0.15, 0.2) is 0 Å². The average molecular weight is 326 g/mol. The third-order valence-corrected chi connectivity index (χ3v) is 5.78. The van der Waals surface area contributed by atoms with Crippen molar-refractivity contribution in [1.82, 2.24) is 4.90 Å². The molecule has 5 heteroatoms. The zero-order valence-corrected chi connectivity index (χ0v) is 13.1. The van der Waals surface area contributed by atoms with Crippen LogP contribution in [0.4, 0.5) is 0 Å². The number of alkyl halides is 1. The molecule has 1 aliphatic heterocycles. The number of likely N-dealkylation sites (tertiary alicyclic amines) is 1. The monoisotopic (exact) mass is 325 g/mol. The first kappa shape index (κ1) is 15.4. The van der Waals surface area contributed by atoms with Crippen LogP contribution in [-0.2, 0) is 9.84 Å². The fourth-order valence-corrected chi connectivity index (χ4v) is 3.83. The molecule has 0 amide bonds. The van der Waals surface area contributed by atoms with Crippen LogP contribution in [-0.4, -0.2) is 49.3 Å². The van der Waals surface area contributed by atoms with E-state index in [1.807, 2.05) is 0 Å². The molecule has 0 aromatic heterocycles. The maximum atomic E-state index is 11.4. The summed E-state index contributed by atoms with van der Waals surface area (Å²) in [5, 5.41) is 1.04. The van der Waals surface area contributed by atoms with Crippen molar-refractivity contribution in [3.05, 3.63) is 0 Å². The van der Waals surface area contributed by atoms with Crippen LogP contribution in [0.3, 0.4) is 0 Å². The number of sulfone groups is 1. The standard InChI is InChI=1S/C12H24BrNO2S/c1-2-17(15,16)11-5-10-14-9-4-3-6-12(14)7-8-13/h12H,2-11H2,1H3. The van der Waals surface area contributed by atoms with Gasteiger partial charge in [0.1, 0.15) is 9.84 Å². The Morgan fingerprint density at radius 1 is 1.35 bits per heavy atom. The quantitative estimate of drug-likeness (QED) is 0.675. The molecule has 0 bridgehead atoms. The van der Waals surface area contributed by atoms with Gasteiger partial charge in [-0.2, -0.15) is 0 Å². The van der Waals surface area contributed by atoms with Gasteiger partial charge >= 0.3 is 0 Å². The van der Waals surface area contributed by atoms with Crippen LogP contribution >= 0.6 is 15.9 Å². The van der Waals surface area contributed by atoms with Gasteiger partial charge in [-0.25, -0.2) is 8.42 Å². The van der Waals surface area contributed by atoms with Crippen molar-refractivity contribution < 1.29 is 8.42 Å². The number of rotatable bonds is 7. The lowest BCUT2D eigenvalue weighted by Gasteiger charge is -2.35. The van der Waals surface area contributed by atoms with Crippen molar-refractivity contribution >= 4 is 25.8 Å². The third kappa shape index (κ3) is 5.71. The van der Waals surface area contributed by atoms with Gasteiger partial charge in [-0.05, 0) is 38.8 Å². The average Bonchev–Trinajstić information content (AvgIpc) is 2.31. The van der Waals surface area contributed by atoms with Gasteiger partial charge < -0.3 is 4.90 Å². The van der Waals surface area contributed by atoms with E-state index in [1.54, 1.807) is 6.92 Å². The first-order chi connectivity index (χ1) is 8.09. The first-order valence-electron chi connectivity index (χ1n) is 6.59. The number of nitrogens with zero attached hydrogens (tertiary/aromatic N) is 1. The molecule has 0 aromatic carbocycles. The second-order valence-corrected chi connectivity index (χ2v) is 8.02. The van der Waals surface area contributed by atoms with Gasteiger partial charge in [0.2, 0.25) is 0 Å². The van der Waals surface area contributed by atoms with E-state index in [4.69, 9.17) is 0 Å². The maximum Gasteiger partial charge on any atom is 0.150 e. The van der Waals surface area contributed by atoms with Crippen LogP contribution in [0.2, 0.25) is 0 Å². The Labute approximate surface area is 114 Å². The molecule has 1 aliphatic rings. The van der Waals surface area contributed by atoms with Crippen molar-refractivity contribution in [1.29, 1.82) is 0 Å². The van der Waals surface area contributed by atoms with E-state index < -0.39 is 9.84 Å². The van der Waals surface area contributed by atoms with E-state index in [-0.39, 0.29) is 5.75 Å². The molecule has 0 spiro atoms. The molecule has 1 rings (SSSR count). The molecule has 0 aliphatic carbocycles. The first-order valence-corrected chi connectivity index (χ1v) is 9.54. The van der Waals surface area contributed by atoms with E-state index in [0.29, 0.717) is 11.8 Å². The number of halogens is 1. The van der Waals surface area contributed by atoms with Crippen LogP contribution < -0.4 is 0 Å². The predicted molar refractivity (Wildman–Crippen MR) is 76.6 cm³/mol. The summed E-state index contributed by atoms with van der Waals surface area (Å²) in [5.74, 6) is 0.624. The van der Waals surface area contributed by atoms with E-state index in [2.05, 4.69) is 20.8 Å². The van der Waals surface area contributed by atoms with Crippen molar-refractivity contribution in [2.75, 3.05) is 29.9 Å². The molecule has 0 radical (unpaired) electrons. The summed E-state index contributed by atoms with van der Waals surface area (Å²) < 4.78 is 22.8. The topological polar surface area (TPSA) is 37.4 Å². The molecule has 1 heterocycles. The predicted octanol–water partition coefficient (Wildman–Crippen LogP) is 2.45. The Morgan fingerprint density at radius 3 is 2.76 bits per heavy atom. The minimum atomic E-state index is -2.79. The summed E-state index contributed by atoms with van der Waals surface area (Å²) in [4.78, 5) is 2.48. The van der Waals surface area contributed by atoms with Gasteiger partial charge in [0.25, 0.3) is 0 Å². The van der Waals surface area contributed by atoms with Crippen molar-refractivity contribution in [2.45, 2.75) is 45.1 Å². The van der Waals surface area contributed by atoms with Crippen LogP contribution in [0, 0.1) is 0 Å². The van der Waals surface area contributed by atoms with E-state index in [0.717, 1.165) is 24.8 Å². The Balaban J connectivity index is 2.33. The smallest absolute Gasteiger partial charge is 0.150 e. The molecule has 1 unspecified atom stereocenters. The molecular weight excluding hydrogens is 302 g/mol. The molecule has 1 atom stereocenters. The summed E-state index contributed by atoms with van der Waals surface area (Å²) in [5.41, 5.74) is 0. The summed E-state index contributed by atoms with van der Waals surface area (Å²) in [6.45, 7) is 3.81. The lowest BCUT2D eigenvalue weighted by atomic mass is 10.00. The fraction of sp³-hybridized carbons (Fsp3) is 1.00. The molecule has 1 saturated heterocycles. The van der Waals surface area contributed by atoms with Crippen LogP contribution in [0.25, 0.3) is 0 Å². The largest absolute Gasteiger partial charge is 0.300 e. The zero-order chi connectivity index (χ0) is 12.7. The van der Waals surface area contributed by atoms with Gasteiger partial charge in [-0.15, -0.1) is 0 Å². The maximum absolute atomic E-state index is 11.4. The summed E-state index contributed by atoms with van der Waals surface area (Å²) in [6.07, 6.45) is 5.82. The summed E-state index contributed by atoms with van der Waals surface area (Å²) in [7, 11) is -2.79. The number of piperidine rings is 1. The number of hydrogen-bond acceptors (Lipinski definition) is 3. The SMILES string of the molecule is CCS(=O)(=O)CCCN1CCCCC1CCBr. The lowest BCUT2D eigenvalue weighted by molar-refractivity contribution is 0.146.